The molecule has 1 aromatic heterocycles. The average molecular weight is 346 g/mol. The summed E-state index contributed by atoms with van der Waals surface area (Å²) in [7, 11) is 0. The molecule has 0 bridgehead atoms. The number of rotatable bonds is 5. The number of Topliss-reactive ketones (excluding diaryl/α,β-unsaturated/α-hetero) is 1. The van der Waals surface area contributed by atoms with E-state index in [1.807, 2.05) is 40.2 Å². The fourth-order valence-corrected chi connectivity index (χ4v) is 4.55. The van der Waals surface area contributed by atoms with Crippen LogP contribution in [0, 0.1) is 0 Å². The summed E-state index contributed by atoms with van der Waals surface area (Å²) in [6.07, 6.45) is 2.30. The molecule has 1 aliphatic rings. The van der Waals surface area contributed by atoms with E-state index in [-0.39, 0.29) is 30.6 Å². The smallest absolute Gasteiger partial charge is 0.223 e. The van der Waals surface area contributed by atoms with E-state index in [2.05, 4.69) is 4.98 Å². The van der Waals surface area contributed by atoms with Crippen LogP contribution < -0.4 is 0 Å². The van der Waals surface area contributed by atoms with Gasteiger partial charge in [0.1, 0.15) is 5.01 Å². The zero-order valence-corrected chi connectivity index (χ0v) is 14.3. The largest absolute Gasteiger partial charge is 0.332 e. The first-order valence-corrected chi connectivity index (χ1v) is 9.64. The lowest BCUT2D eigenvalue weighted by Crippen LogP contribution is -2.40. The van der Waals surface area contributed by atoms with Gasteiger partial charge < -0.3 is 4.90 Å². The molecule has 1 atom stereocenters. The first-order valence-electron chi connectivity index (χ1n) is 7.60. The van der Waals surface area contributed by atoms with Gasteiger partial charge in [0.15, 0.2) is 5.78 Å². The number of carbonyl (C=O) groups excluding carboxylic acids is 2. The Hall–Kier alpha value is -1.66. The van der Waals surface area contributed by atoms with Crippen LogP contribution in [0.5, 0.6) is 0 Å². The van der Waals surface area contributed by atoms with Crippen LogP contribution in [0.3, 0.4) is 0 Å². The Kier molecular flexibility index (Phi) is 5.46. The summed E-state index contributed by atoms with van der Waals surface area (Å²) >= 11 is 3.44. The Bertz CT molecular complexity index is 658. The van der Waals surface area contributed by atoms with Crippen molar-refractivity contribution in [2.45, 2.75) is 18.9 Å². The second-order valence-electron chi connectivity index (χ2n) is 5.34. The van der Waals surface area contributed by atoms with Crippen LogP contribution in [-0.2, 0) is 4.79 Å². The SMILES string of the molecule is O=C(CCC(=O)N1CCSCC1c1nccs1)c1ccccc1. The van der Waals surface area contributed by atoms with Gasteiger partial charge in [-0.25, -0.2) is 4.98 Å². The van der Waals surface area contributed by atoms with Crippen LogP contribution in [0.2, 0.25) is 0 Å². The van der Waals surface area contributed by atoms with Crippen LogP contribution in [0.1, 0.15) is 34.2 Å². The van der Waals surface area contributed by atoms with E-state index in [4.69, 9.17) is 0 Å². The number of hydrogen-bond acceptors (Lipinski definition) is 5. The van der Waals surface area contributed by atoms with E-state index in [0.717, 1.165) is 23.1 Å². The van der Waals surface area contributed by atoms with Gasteiger partial charge in [-0.1, -0.05) is 30.3 Å². The molecule has 1 aliphatic heterocycles. The minimum Gasteiger partial charge on any atom is -0.332 e. The van der Waals surface area contributed by atoms with Crippen molar-refractivity contribution in [3.63, 3.8) is 0 Å². The molecular formula is C17H18N2O2S2. The van der Waals surface area contributed by atoms with E-state index in [1.165, 1.54) is 0 Å². The van der Waals surface area contributed by atoms with Crippen LogP contribution in [0.15, 0.2) is 41.9 Å². The van der Waals surface area contributed by atoms with Crippen LogP contribution in [0.25, 0.3) is 0 Å². The third kappa shape index (κ3) is 4.00. The van der Waals surface area contributed by atoms with Gasteiger partial charge in [-0.05, 0) is 0 Å². The van der Waals surface area contributed by atoms with Gasteiger partial charge in [0, 0.05) is 48.0 Å². The Morgan fingerprint density at radius 2 is 2.04 bits per heavy atom. The summed E-state index contributed by atoms with van der Waals surface area (Å²) < 4.78 is 0. The molecule has 1 amide bonds. The van der Waals surface area contributed by atoms with Crippen LogP contribution in [-0.4, -0.2) is 39.6 Å². The number of benzene rings is 1. The molecule has 0 aliphatic carbocycles. The van der Waals surface area contributed by atoms with Crippen molar-refractivity contribution in [3.05, 3.63) is 52.5 Å². The average Bonchev–Trinajstić information content (AvgIpc) is 3.14. The van der Waals surface area contributed by atoms with Crippen molar-refractivity contribution in [1.82, 2.24) is 9.88 Å². The predicted octanol–water partition coefficient (Wildman–Crippen LogP) is 3.42. The van der Waals surface area contributed by atoms with Crippen molar-refractivity contribution in [1.29, 1.82) is 0 Å². The summed E-state index contributed by atoms with van der Waals surface area (Å²) in [4.78, 5) is 31.0. The predicted molar refractivity (Wildman–Crippen MR) is 93.9 cm³/mol. The standard InChI is InChI=1S/C17H18N2O2S2/c20-15(13-4-2-1-3-5-13)6-7-16(21)19-9-11-22-12-14(19)17-18-8-10-23-17/h1-5,8,10,14H,6-7,9,11-12H2. The number of amides is 1. The van der Waals surface area contributed by atoms with Crippen molar-refractivity contribution in [2.24, 2.45) is 0 Å². The lowest BCUT2D eigenvalue weighted by molar-refractivity contribution is -0.133. The highest BCUT2D eigenvalue weighted by Crippen LogP contribution is 2.31. The normalized spacial score (nSPS) is 17.9. The highest BCUT2D eigenvalue weighted by molar-refractivity contribution is 7.99. The fourth-order valence-electron chi connectivity index (χ4n) is 2.64. The third-order valence-corrected chi connectivity index (χ3v) is 5.75. The van der Waals surface area contributed by atoms with Crippen LogP contribution >= 0.6 is 23.1 Å². The second-order valence-corrected chi connectivity index (χ2v) is 7.41. The number of nitrogens with zero attached hydrogens (tertiary/aromatic N) is 2. The Morgan fingerprint density at radius 3 is 2.78 bits per heavy atom. The molecule has 0 spiro atoms. The number of ketones is 1. The van der Waals surface area contributed by atoms with Gasteiger partial charge in [0.2, 0.25) is 5.91 Å². The monoisotopic (exact) mass is 346 g/mol. The van der Waals surface area contributed by atoms with Crippen LogP contribution in [0.4, 0.5) is 0 Å². The zero-order chi connectivity index (χ0) is 16.1. The van der Waals surface area contributed by atoms with Gasteiger partial charge in [0.05, 0.1) is 6.04 Å². The van der Waals surface area contributed by atoms with E-state index >= 15 is 0 Å². The molecule has 3 rings (SSSR count). The van der Waals surface area contributed by atoms with Gasteiger partial charge in [-0.15, -0.1) is 11.3 Å². The molecule has 2 aromatic rings. The maximum absolute atomic E-state index is 12.6. The molecule has 4 nitrogen and oxygen atoms in total. The molecule has 120 valence electrons. The van der Waals surface area contributed by atoms with Gasteiger partial charge >= 0.3 is 0 Å². The Balaban J connectivity index is 1.61. The third-order valence-electron chi connectivity index (χ3n) is 3.85. The summed E-state index contributed by atoms with van der Waals surface area (Å²) in [5, 5.41) is 2.93. The molecule has 1 aromatic carbocycles. The molecule has 0 saturated carbocycles. The summed E-state index contributed by atoms with van der Waals surface area (Å²) in [5.74, 6) is 1.90. The number of thiazole rings is 1. The molecule has 1 saturated heterocycles. The molecule has 23 heavy (non-hydrogen) atoms. The summed E-state index contributed by atoms with van der Waals surface area (Å²) in [6, 6.07) is 9.20. The lowest BCUT2D eigenvalue weighted by Gasteiger charge is -2.34. The fraction of sp³-hybridized carbons (Fsp3) is 0.353. The minimum absolute atomic E-state index is 0.0242. The van der Waals surface area contributed by atoms with Gasteiger partial charge in [0.25, 0.3) is 0 Å². The zero-order valence-electron chi connectivity index (χ0n) is 12.7. The number of thioether (sulfide) groups is 1. The highest BCUT2D eigenvalue weighted by Gasteiger charge is 2.29. The molecule has 1 fully saturated rings. The van der Waals surface area contributed by atoms with E-state index in [1.54, 1.807) is 29.7 Å². The number of aromatic nitrogens is 1. The number of hydrogen-bond donors (Lipinski definition) is 0. The molecule has 2 heterocycles. The van der Waals surface area contributed by atoms with Gasteiger partial charge in [-0.2, -0.15) is 11.8 Å². The summed E-state index contributed by atoms with van der Waals surface area (Å²) in [6.45, 7) is 0.729. The summed E-state index contributed by atoms with van der Waals surface area (Å²) in [5.41, 5.74) is 0.672. The Labute approximate surface area is 143 Å². The van der Waals surface area contributed by atoms with E-state index < -0.39 is 0 Å². The van der Waals surface area contributed by atoms with E-state index in [0.29, 0.717) is 5.56 Å². The topological polar surface area (TPSA) is 50.3 Å². The van der Waals surface area contributed by atoms with Crippen molar-refractivity contribution in [2.75, 3.05) is 18.1 Å². The first-order chi connectivity index (χ1) is 11.3. The van der Waals surface area contributed by atoms with Gasteiger partial charge in [-0.3, -0.25) is 9.59 Å². The maximum atomic E-state index is 12.6. The lowest BCUT2D eigenvalue weighted by atomic mass is 10.1. The van der Waals surface area contributed by atoms with Crippen molar-refractivity contribution in [3.8, 4) is 0 Å². The number of carbonyl (C=O) groups is 2. The molecular weight excluding hydrogens is 328 g/mol. The molecule has 1 unspecified atom stereocenters. The van der Waals surface area contributed by atoms with Crippen molar-refractivity contribution >= 4 is 34.8 Å². The minimum atomic E-state index is 0.0242. The molecule has 6 heteroatoms. The quantitative estimate of drug-likeness (QED) is 0.779. The first kappa shape index (κ1) is 16.2. The highest BCUT2D eigenvalue weighted by atomic mass is 32.2. The molecule has 0 N–H and O–H groups in total. The molecule has 0 radical (unpaired) electrons. The van der Waals surface area contributed by atoms with Crippen molar-refractivity contribution < 1.29 is 9.59 Å². The maximum Gasteiger partial charge on any atom is 0.223 e. The van der Waals surface area contributed by atoms with E-state index in [9.17, 15) is 9.59 Å². The Morgan fingerprint density at radius 1 is 1.22 bits per heavy atom. The second kappa shape index (κ2) is 7.75.